The summed E-state index contributed by atoms with van der Waals surface area (Å²) >= 11 is 0. The van der Waals surface area contributed by atoms with E-state index in [4.69, 9.17) is 4.74 Å². The number of alkyl halides is 2. The van der Waals surface area contributed by atoms with Crippen molar-refractivity contribution in [1.29, 1.82) is 0 Å². The third-order valence-electron chi connectivity index (χ3n) is 3.87. The Labute approximate surface area is 147 Å². The maximum atomic E-state index is 13.6. The highest BCUT2D eigenvalue weighted by molar-refractivity contribution is 5.70. The van der Waals surface area contributed by atoms with E-state index >= 15 is 0 Å². The van der Waals surface area contributed by atoms with Crippen molar-refractivity contribution in [3.8, 4) is 17.0 Å². The Hall–Kier alpha value is -2.84. The van der Waals surface area contributed by atoms with E-state index in [-0.39, 0.29) is 12.6 Å². The second-order valence-corrected chi connectivity index (χ2v) is 5.89. The van der Waals surface area contributed by atoms with Crippen LogP contribution in [0.3, 0.4) is 0 Å². The Bertz CT molecular complexity index is 832. The van der Waals surface area contributed by atoms with Crippen LogP contribution in [0, 0.1) is 12.7 Å². The molecule has 0 radical (unpaired) electrons. The molecule has 3 rings (SSSR count). The minimum Gasteiger partial charge on any atom is -0.444 e. The lowest BCUT2D eigenvalue weighted by Crippen LogP contribution is -2.25. The largest absolute Gasteiger partial charge is 0.444 e. The van der Waals surface area contributed by atoms with Crippen LogP contribution in [0.1, 0.15) is 18.3 Å². The molecule has 1 fully saturated rings. The molecule has 0 spiro atoms. The summed E-state index contributed by atoms with van der Waals surface area (Å²) in [4.78, 5) is 21.9. The Balaban J connectivity index is 1.89. The first-order chi connectivity index (χ1) is 12.3. The van der Waals surface area contributed by atoms with Crippen molar-refractivity contribution < 1.29 is 27.4 Å². The Morgan fingerprint density at radius 1 is 1.42 bits per heavy atom. The minimum absolute atomic E-state index is 0.204. The maximum absolute atomic E-state index is 13.6. The molecule has 6 nitrogen and oxygen atoms in total. The normalized spacial score (nSPS) is 16.9. The first-order valence-electron chi connectivity index (χ1n) is 7.86. The van der Waals surface area contributed by atoms with Gasteiger partial charge in [0.25, 0.3) is 0 Å². The third kappa shape index (κ3) is 3.87. The molecule has 0 N–H and O–H groups in total. The summed E-state index contributed by atoms with van der Waals surface area (Å²) in [6.07, 6.45) is 0.812. The highest BCUT2D eigenvalue weighted by Gasteiger charge is 2.29. The van der Waals surface area contributed by atoms with Gasteiger partial charge in [0.2, 0.25) is 0 Å². The van der Waals surface area contributed by atoms with E-state index in [0.717, 1.165) is 12.1 Å². The van der Waals surface area contributed by atoms with Crippen LogP contribution in [-0.4, -0.2) is 40.2 Å². The number of hydrogen-bond acceptors (Lipinski definition) is 5. The summed E-state index contributed by atoms with van der Waals surface area (Å²) in [5.74, 6) is -1.47. The van der Waals surface area contributed by atoms with Crippen LogP contribution in [0.2, 0.25) is 0 Å². The second-order valence-electron chi connectivity index (χ2n) is 5.89. The molecule has 138 valence electrons. The molecule has 26 heavy (non-hydrogen) atoms. The molecule has 1 aromatic carbocycles. The van der Waals surface area contributed by atoms with Crippen LogP contribution >= 0.6 is 0 Å². The number of nitrogens with zero attached hydrogens (tertiary/aromatic N) is 3. The van der Waals surface area contributed by atoms with E-state index in [1.54, 1.807) is 13.8 Å². The standard InChI is InChI=1S/C17H16F3N3O3/c1-9-7-23(17(24)25-9)8-14-10(2)21-6-13(22-14)11-3-4-12(18)15(5-11)26-16(19)20/h3-6,9,16H,7-8H2,1-2H3/t9-/m0/s1. The number of hydrogen-bond donors (Lipinski definition) is 0. The number of benzene rings is 1. The van der Waals surface area contributed by atoms with Gasteiger partial charge in [0.15, 0.2) is 11.6 Å². The van der Waals surface area contributed by atoms with Gasteiger partial charge in [0.05, 0.1) is 36.4 Å². The van der Waals surface area contributed by atoms with E-state index in [9.17, 15) is 18.0 Å². The molecule has 2 heterocycles. The maximum Gasteiger partial charge on any atom is 0.410 e. The molecular formula is C17H16F3N3O3. The van der Waals surface area contributed by atoms with Gasteiger partial charge in [0.1, 0.15) is 6.10 Å². The van der Waals surface area contributed by atoms with Crippen LogP contribution in [0.4, 0.5) is 18.0 Å². The lowest BCUT2D eigenvalue weighted by molar-refractivity contribution is -0.0521. The number of ether oxygens (including phenoxy) is 2. The predicted octanol–water partition coefficient (Wildman–Crippen LogP) is 3.53. The molecule has 9 heteroatoms. The van der Waals surface area contributed by atoms with Crippen molar-refractivity contribution in [3.05, 3.63) is 41.6 Å². The van der Waals surface area contributed by atoms with E-state index in [1.807, 2.05) is 0 Å². The molecular weight excluding hydrogens is 351 g/mol. The van der Waals surface area contributed by atoms with E-state index in [1.165, 1.54) is 17.2 Å². The fourth-order valence-corrected chi connectivity index (χ4v) is 2.60. The number of carbonyl (C=O) groups is 1. The zero-order valence-corrected chi connectivity index (χ0v) is 14.1. The average molecular weight is 367 g/mol. The molecule has 0 bridgehead atoms. The van der Waals surface area contributed by atoms with Gasteiger partial charge in [-0.2, -0.15) is 8.78 Å². The summed E-state index contributed by atoms with van der Waals surface area (Å²) in [5, 5.41) is 0. The molecule has 1 saturated heterocycles. The Morgan fingerprint density at radius 3 is 2.85 bits per heavy atom. The summed E-state index contributed by atoms with van der Waals surface area (Å²) in [6, 6.07) is 3.55. The minimum atomic E-state index is -3.14. The van der Waals surface area contributed by atoms with E-state index in [0.29, 0.717) is 29.2 Å². The zero-order valence-electron chi connectivity index (χ0n) is 14.1. The number of cyclic esters (lactones) is 1. The monoisotopic (exact) mass is 367 g/mol. The third-order valence-corrected chi connectivity index (χ3v) is 3.87. The number of amides is 1. The van der Waals surface area contributed by atoms with Gasteiger partial charge in [-0.05, 0) is 32.0 Å². The molecule has 1 aliphatic rings. The molecule has 1 aliphatic heterocycles. The Kier molecular flexibility index (Phi) is 4.97. The van der Waals surface area contributed by atoms with Crippen molar-refractivity contribution in [2.24, 2.45) is 0 Å². The highest BCUT2D eigenvalue weighted by atomic mass is 19.3. The van der Waals surface area contributed by atoms with Crippen molar-refractivity contribution in [1.82, 2.24) is 14.9 Å². The fraction of sp³-hybridized carbons (Fsp3) is 0.353. The highest BCUT2D eigenvalue weighted by Crippen LogP contribution is 2.27. The molecule has 0 saturated carbocycles. The number of halogens is 3. The number of rotatable bonds is 5. The van der Waals surface area contributed by atoms with Gasteiger partial charge in [-0.15, -0.1) is 0 Å². The molecule has 1 aromatic heterocycles. The predicted molar refractivity (Wildman–Crippen MR) is 85.1 cm³/mol. The van der Waals surface area contributed by atoms with Gasteiger partial charge in [-0.1, -0.05) is 0 Å². The van der Waals surface area contributed by atoms with Crippen molar-refractivity contribution >= 4 is 6.09 Å². The van der Waals surface area contributed by atoms with Gasteiger partial charge in [-0.25, -0.2) is 14.2 Å². The molecule has 2 aromatic rings. The molecule has 1 amide bonds. The van der Waals surface area contributed by atoms with Gasteiger partial charge in [0, 0.05) is 5.56 Å². The van der Waals surface area contributed by atoms with Crippen LogP contribution in [0.5, 0.6) is 5.75 Å². The fourth-order valence-electron chi connectivity index (χ4n) is 2.60. The lowest BCUT2D eigenvalue weighted by atomic mass is 10.1. The lowest BCUT2D eigenvalue weighted by Gasteiger charge is -2.14. The van der Waals surface area contributed by atoms with Gasteiger partial charge >= 0.3 is 12.7 Å². The number of carbonyl (C=O) groups excluding carboxylic acids is 1. The van der Waals surface area contributed by atoms with E-state index in [2.05, 4.69) is 14.7 Å². The van der Waals surface area contributed by atoms with Gasteiger partial charge in [-0.3, -0.25) is 9.88 Å². The first-order valence-corrected chi connectivity index (χ1v) is 7.86. The van der Waals surface area contributed by atoms with Crippen LogP contribution in [0.15, 0.2) is 24.4 Å². The quantitative estimate of drug-likeness (QED) is 0.809. The topological polar surface area (TPSA) is 64.6 Å². The van der Waals surface area contributed by atoms with Crippen molar-refractivity contribution in [2.75, 3.05) is 6.54 Å². The zero-order chi connectivity index (χ0) is 18.8. The summed E-state index contributed by atoms with van der Waals surface area (Å²) in [5.41, 5.74) is 1.87. The molecule has 1 atom stereocenters. The smallest absolute Gasteiger partial charge is 0.410 e. The van der Waals surface area contributed by atoms with Crippen LogP contribution < -0.4 is 4.74 Å². The molecule has 0 unspecified atom stereocenters. The van der Waals surface area contributed by atoms with Crippen LogP contribution in [-0.2, 0) is 11.3 Å². The average Bonchev–Trinajstić information content (AvgIpc) is 2.89. The summed E-state index contributed by atoms with van der Waals surface area (Å²) in [6.45, 7) is 1.04. The first kappa shape index (κ1) is 18.0. The van der Waals surface area contributed by atoms with Crippen molar-refractivity contribution in [3.63, 3.8) is 0 Å². The van der Waals surface area contributed by atoms with Crippen molar-refractivity contribution in [2.45, 2.75) is 33.1 Å². The second kappa shape index (κ2) is 7.19. The number of aromatic nitrogens is 2. The van der Waals surface area contributed by atoms with Gasteiger partial charge < -0.3 is 9.47 Å². The summed E-state index contributed by atoms with van der Waals surface area (Å²) in [7, 11) is 0. The van der Waals surface area contributed by atoms with Crippen LogP contribution in [0.25, 0.3) is 11.3 Å². The summed E-state index contributed by atoms with van der Waals surface area (Å²) < 4.78 is 47.6. The Morgan fingerprint density at radius 2 is 2.19 bits per heavy atom. The molecule has 0 aliphatic carbocycles. The SMILES string of the molecule is Cc1ncc(-c2ccc(F)c(OC(F)F)c2)nc1CN1C[C@H](C)OC1=O. The number of aryl methyl sites for hydroxylation is 1. The van der Waals surface area contributed by atoms with E-state index < -0.39 is 24.3 Å².